The van der Waals surface area contributed by atoms with Crippen molar-refractivity contribution < 1.29 is 0 Å². The smallest absolute Gasteiger partial charge is 0.134 e. The summed E-state index contributed by atoms with van der Waals surface area (Å²) in [5.74, 6) is 2.23. The Balaban J connectivity index is 1.28. The quantitative estimate of drug-likeness (QED) is 0.528. The van der Waals surface area contributed by atoms with E-state index in [0.717, 1.165) is 62.6 Å². The molecule has 146 valence electrons. The van der Waals surface area contributed by atoms with Crippen LogP contribution in [-0.4, -0.2) is 37.7 Å². The predicted molar refractivity (Wildman–Crippen MR) is 115 cm³/mol. The number of aromatic nitrogens is 4. The second kappa shape index (κ2) is 8.13. The normalized spacial score (nSPS) is 14.6. The first-order chi connectivity index (χ1) is 14.4. The first kappa shape index (κ1) is 18.0. The van der Waals surface area contributed by atoms with Crippen LogP contribution in [0.2, 0.25) is 0 Å². The molecule has 5 nitrogen and oxygen atoms in total. The van der Waals surface area contributed by atoms with E-state index in [2.05, 4.69) is 79.2 Å². The highest BCUT2D eigenvalue weighted by Crippen LogP contribution is 2.19. The van der Waals surface area contributed by atoms with Gasteiger partial charge in [0.15, 0.2) is 0 Å². The van der Waals surface area contributed by atoms with Crippen molar-refractivity contribution in [2.45, 2.75) is 32.4 Å². The highest BCUT2D eigenvalue weighted by Gasteiger charge is 2.19. The molecule has 5 heteroatoms. The molecule has 5 rings (SSSR count). The Bertz CT molecular complexity index is 1100. The highest BCUT2D eigenvalue weighted by atomic mass is 15.3. The Morgan fingerprint density at radius 1 is 0.793 bits per heavy atom. The fraction of sp³-hybridized carbons (Fsp3) is 0.292. The Morgan fingerprint density at radius 3 is 2.62 bits per heavy atom. The summed E-state index contributed by atoms with van der Waals surface area (Å²) >= 11 is 0. The summed E-state index contributed by atoms with van der Waals surface area (Å²) in [5, 5.41) is 10.2. The van der Waals surface area contributed by atoms with Crippen LogP contribution in [0, 0.1) is 0 Å². The Morgan fingerprint density at radius 2 is 1.69 bits per heavy atom. The Kier molecular flexibility index (Phi) is 5.05. The third-order valence-corrected chi connectivity index (χ3v) is 5.79. The molecule has 3 heterocycles. The van der Waals surface area contributed by atoms with Crippen molar-refractivity contribution in [3.8, 4) is 0 Å². The van der Waals surface area contributed by atoms with Crippen LogP contribution < -0.4 is 0 Å². The molecule has 0 N–H and O–H groups in total. The summed E-state index contributed by atoms with van der Waals surface area (Å²) < 4.78 is 2.34. The van der Waals surface area contributed by atoms with Crippen molar-refractivity contribution in [3.63, 3.8) is 0 Å². The average Bonchev–Trinajstić information content (AvgIpc) is 3.05. The SMILES string of the molecule is c1ccc(CCc2nnc3n2CCN(Cc2cccc4cccnc24)CC3)cc1. The lowest BCUT2D eigenvalue weighted by molar-refractivity contribution is 0.271. The maximum absolute atomic E-state index is 4.61. The second-order valence-corrected chi connectivity index (χ2v) is 7.69. The Labute approximate surface area is 171 Å². The lowest BCUT2D eigenvalue weighted by atomic mass is 10.1. The van der Waals surface area contributed by atoms with Gasteiger partial charge in [-0.3, -0.25) is 9.88 Å². The minimum atomic E-state index is 0.923. The van der Waals surface area contributed by atoms with Crippen LogP contribution in [0.5, 0.6) is 0 Å². The molecule has 29 heavy (non-hydrogen) atoms. The minimum absolute atomic E-state index is 0.923. The van der Waals surface area contributed by atoms with Gasteiger partial charge in [-0.25, -0.2) is 0 Å². The molecule has 0 bridgehead atoms. The number of rotatable bonds is 5. The number of fused-ring (bicyclic) bond motifs is 2. The number of nitrogens with zero attached hydrogens (tertiary/aromatic N) is 5. The van der Waals surface area contributed by atoms with Gasteiger partial charge in [-0.2, -0.15) is 0 Å². The van der Waals surface area contributed by atoms with E-state index >= 15 is 0 Å². The van der Waals surface area contributed by atoms with E-state index in [1.54, 1.807) is 0 Å². The van der Waals surface area contributed by atoms with Crippen LogP contribution in [0.25, 0.3) is 10.9 Å². The molecule has 1 aliphatic heterocycles. The number of para-hydroxylation sites is 1. The largest absolute Gasteiger partial charge is 0.314 e. The van der Waals surface area contributed by atoms with Gasteiger partial charge < -0.3 is 4.57 Å². The van der Waals surface area contributed by atoms with E-state index in [4.69, 9.17) is 0 Å². The van der Waals surface area contributed by atoms with E-state index in [0.29, 0.717) is 0 Å². The van der Waals surface area contributed by atoms with Crippen LogP contribution in [0.15, 0.2) is 66.9 Å². The van der Waals surface area contributed by atoms with E-state index in [9.17, 15) is 0 Å². The van der Waals surface area contributed by atoms with E-state index in [1.165, 1.54) is 16.5 Å². The number of hydrogen-bond donors (Lipinski definition) is 0. The van der Waals surface area contributed by atoms with Gasteiger partial charge in [0, 0.05) is 50.6 Å². The van der Waals surface area contributed by atoms with Gasteiger partial charge in [0.1, 0.15) is 11.6 Å². The lowest BCUT2D eigenvalue weighted by Crippen LogP contribution is -2.27. The van der Waals surface area contributed by atoms with Gasteiger partial charge >= 0.3 is 0 Å². The van der Waals surface area contributed by atoms with Crippen molar-refractivity contribution in [3.05, 3.63) is 89.6 Å². The standard InChI is InChI=1S/C24H25N5/c1-2-6-19(7-3-1)11-12-22-26-27-23-13-15-28(16-17-29(22)23)18-21-9-4-8-20-10-5-14-25-24(20)21/h1-10,14H,11-13,15-18H2. The summed E-state index contributed by atoms with van der Waals surface area (Å²) in [5.41, 5.74) is 3.76. The molecule has 1 aliphatic rings. The third-order valence-electron chi connectivity index (χ3n) is 5.79. The second-order valence-electron chi connectivity index (χ2n) is 7.69. The zero-order valence-corrected chi connectivity index (χ0v) is 16.5. The predicted octanol–water partition coefficient (Wildman–Crippen LogP) is 3.67. The van der Waals surface area contributed by atoms with Crippen LogP contribution in [0.1, 0.15) is 22.8 Å². The maximum Gasteiger partial charge on any atom is 0.134 e. The lowest BCUT2D eigenvalue weighted by Gasteiger charge is -2.20. The molecular formula is C24H25N5. The number of aryl methyl sites for hydroxylation is 2. The highest BCUT2D eigenvalue weighted by molar-refractivity contribution is 5.81. The molecule has 0 fully saturated rings. The van der Waals surface area contributed by atoms with Gasteiger partial charge in [0.05, 0.1) is 5.52 Å². The monoisotopic (exact) mass is 383 g/mol. The summed E-state index contributed by atoms with van der Waals surface area (Å²) in [6, 6.07) is 21.2. The maximum atomic E-state index is 4.61. The summed E-state index contributed by atoms with van der Waals surface area (Å²) in [6.07, 6.45) is 4.76. The van der Waals surface area contributed by atoms with Crippen LogP contribution in [-0.2, 0) is 32.4 Å². The zero-order valence-electron chi connectivity index (χ0n) is 16.5. The third kappa shape index (κ3) is 3.91. The molecule has 0 spiro atoms. The van der Waals surface area contributed by atoms with Crippen molar-refractivity contribution in [1.82, 2.24) is 24.6 Å². The number of hydrogen-bond acceptors (Lipinski definition) is 4. The zero-order chi connectivity index (χ0) is 19.5. The van der Waals surface area contributed by atoms with E-state index in [1.807, 2.05) is 12.3 Å². The molecule has 0 saturated carbocycles. The molecule has 2 aromatic heterocycles. The molecule has 0 atom stereocenters. The summed E-state index contributed by atoms with van der Waals surface area (Å²) in [6.45, 7) is 3.88. The van der Waals surface area contributed by atoms with Crippen LogP contribution in [0.4, 0.5) is 0 Å². The van der Waals surface area contributed by atoms with Gasteiger partial charge in [-0.15, -0.1) is 10.2 Å². The topological polar surface area (TPSA) is 46.8 Å². The summed E-state index contributed by atoms with van der Waals surface area (Å²) in [7, 11) is 0. The molecule has 0 radical (unpaired) electrons. The number of pyridine rings is 1. The van der Waals surface area contributed by atoms with Crippen molar-refractivity contribution in [2.75, 3.05) is 13.1 Å². The van der Waals surface area contributed by atoms with Gasteiger partial charge in [0.2, 0.25) is 0 Å². The molecule has 0 aliphatic carbocycles. The van der Waals surface area contributed by atoms with Crippen LogP contribution >= 0.6 is 0 Å². The van der Waals surface area contributed by atoms with Crippen molar-refractivity contribution >= 4 is 10.9 Å². The van der Waals surface area contributed by atoms with Gasteiger partial charge in [-0.05, 0) is 23.6 Å². The first-order valence-corrected chi connectivity index (χ1v) is 10.4. The first-order valence-electron chi connectivity index (χ1n) is 10.4. The number of benzene rings is 2. The van der Waals surface area contributed by atoms with Crippen molar-refractivity contribution in [2.24, 2.45) is 0 Å². The fourth-order valence-electron chi connectivity index (χ4n) is 4.21. The minimum Gasteiger partial charge on any atom is -0.314 e. The molecule has 4 aromatic rings. The van der Waals surface area contributed by atoms with Gasteiger partial charge in [-0.1, -0.05) is 54.6 Å². The van der Waals surface area contributed by atoms with Crippen molar-refractivity contribution in [1.29, 1.82) is 0 Å². The van der Waals surface area contributed by atoms with Crippen LogP contribution in [0.3, 0.4) is 0 Å². The molecule has 0 amide bonds. The molecule has 0 saturated heterocycles. The van der Waals surface area contributed by atoms with Gasteiger partial charge in [0.25, 0.3) is 0 Å². The molecular weight excluding hydrogens is 358 g/mol. The molecule has 2 aromatic carbocycles. The molecule has 0 unspecified atom stereocenters. The van der Waals surface area contributed by atoms with E-state index in [-0.39, 0.29) is 0 Å². The average molecular weight is 383 g/mol. The summed E-state index contributed by atoms with van der Waals surface area (Å²) in [4.78, 5) is 7.13. The fourth-order valence-corrected chi connectivity index (χ4v) is 4.21. The Hall–Kier alpha value is -3.05. The van der Waals surface area contributed by atoms with E-state index < -0.39 is 0 Å².